The van der Waals surface area contributed by atoms with Crippen LogP contribution >= 0.6 is 23.4 Å². The fraction of sp³-hybridized carbons (Fsp3) is 0.385. The van der Waals surface area contributed by atoms with E-state index in [0.717, 1.165) is 17.7 Å². The fourth-order valence-corrected chi connectivity index (χ4v) is 4.84. The van der Waals surface area contributed by atoms with Crippen molar-refractivity contribution in [1.29, 1.82) is 0 Å². The molecule has 0 aliphatic heterocycles. The second-order valence-corrected chi connectivity index (χ2v) is 9.92. The van der Waals surface area contributed by atoms with E-state index in [1.807, 2.05) is 35.8 Å². The maximum Gasteiger partial charge on any atom is 0.253 e. The van der Waals surface area contributed by atoms with Gasteiger partial charge in [0.05, 0.1) is 22.4 Å². The number of hydrogen-bond donors (Lipinski definition) is 2. The number of anilines is 1. The number of para-hydroxylation sites is 1. The van der Waals surface area contributed by atoms with Crippen molar-refractivity contribution < 1.29 is 9.59 Å². The molecule has 0 fully saturated rings. The fourth-order valence-electron chi connectivity index (χ4n) is 3.81. The average molecular weight is 514 g/mol. The van der Waals surface area contributed by atoms with E-state index < -0.39 is 0 Å². The van der Waals surface area contributed by atoms with Crippen LogP contribution in [0.15, 0.2) is 53.7 Å². The van der Waals surface area contributed by atoms with Gasteiger partial charge in [0.25, 0.3) is 5.91 Å². The van der Waals surface area contributed by atoms with Crippen molar-refractivity contribution in [3.63, 3.8) is 0 Å². The van der Waals surface area contributed by atoms with Crippen molar-refractivity contribution in [3.8, 4) is 0 Å². The second kappa shape index (κ2) is 12.7. The minimum atomic E-state index is -0.342. The van der Waals surface area contributed by atoms with Gasteiger partial charge in [-0.2, -0.15) is 0 Å². The molecule has 35 heavy (non-hydrogen) atoms. The molecule has 0 radical (unpaired) electrons. The highest BCUT2D eigenvalue weighted by Gasteiger charge is 2.25. The Hall–Kier alpha value is -2.84. The van der Waals surface area contributed by atoms with Crippen LogP contribution in [0.25, 0.3) is 0 Å². The van der Waals surface area contributed by atoms with E-state index in [0.29, 0.717) is 40.5 Å². The Labute approximate surface area is 216 Å². The summed E-state index contributed by atoms with van der Waals surface area (Å²) in [6.45, 7) is 8.85. The van der Waals surface area contributed by atoms with E-state index >= 15 is 0 Å². The second-order valence-electron chi connectivity index (χ2n) is 8.57. The molecule has 0 aliphatic rings. The van der Waals surface area contributed by atoms with Gasteiger partial charge in [-0.15, -0.1) is 10.2 Å². The maximum atomic E-state index is 13.0. The minimum Gasteiger partial charge on any atom is -0.342 e. The molecular weight excluding hydrogens is 482 g/mol. The maximum absolute atomic E-state index is 13.0. The lowest BCUT2D eigenvalue weighted by atomic mass is 10.0. The number of amides is 2. The third-order valence-electron chi connectivity index (χ3n) is 5.51. The minimum absolute atomic E-state index is 0.103. The Morgan fingerprint density at radius 2 is 1.77 bits per heavy atom. The van der Waals surface area contributed by atoms with Crippen LogP contribution in [-0.2, 0) is 17.8 Å². The van der Waals surface area contributed by atoms with Gasteiger partial charge in [-0.05, 0) is 49.4 Å². The number of nitrogens with zero attached hydrogens (tertiary/aromatic N) is 3. The van der Waals surface area contributed by atoms with E-state index in [4.69, 9.17) is 11.6 Å². The highest BCUT2D eigenvalue weighted by Crippen LogP contribution is 2.26. The lowest BCUT2D eigenvalue weighted by Crippen LogP contribution is -2.31. The molecule has 1 aromatic heterocycles. The van der Waals surface area contributed by atoms with Crippen LogP contribution in [0.3, 0.4) is 0 Å². The molecule has 1 atom stereocenters. The van der Waals surface area contributed by atoms with Crippen LogP contribution in [0, 0.1) is 5.92 Å². The Morgan fingerprint density at radius 1 is 1.06 bits per heavy atom. The molecule has 0 saturated carbocycles. The van der Waals surface area contributed by atoms with Gasteiger partial charge in [0, 0.05) is 12.2 Å². The van der Waals surface area contributed by atoms with Crippen LogP contribution in [0.4, 0.5) is 5.69 Å². The number of carbonyl (C=O) groups is 2. The number of aryl methyl sites for hydroxylation is 1. The molecule has 3 aromatic rings. The molecule has 186 valence electrons. The Morgan fingerprint density at radius 3 is 2.46 bits per heavy atom. The zero-order valence-electron chi connectivity index (χ0n) is 20.5. The van der Waals surface area contributed by atoms with E-state index in [1.54, 1.807) is 24.3 Å². The van der Waals surface area contributed by atoms with Crippen molar-refractivity contribution in [1.82, 2.24) is 20.1 Å². The lowest BCUT2D eigenvalue weighted by molar-refractivity contribution is -0.113. The first-order valence-corrected chi connectivity index (χ1v) is 13.2. The average Bonchev–Trinajstić information content (AvgIpc) is 3.25. The molecule has 2 N–H and O–H groups in total. The quantitative estimate of drug-likeness (QED) is 0.318. The summed E-state index contributed by atoms with van der Waals surface area (Å²) in [5.41, 5.74) is 2.34. The molecule has 0 bridgehead atoms. The summed E-state index contributed by atoms with van der Waals surface area (Å²) in [4.78, 5) is 25.6. The molecule has 2 amide bonds. The van der Waals surface area contributed by atoms with Crippen LogP contribution in [0.2, 0.25) is 5.02 Å². The summed E-state index contributed by atoms with van der Waals surface area (Å²) in [7, 11) is 0. The summed E-state index contributed by atoms with van der Waals surface area (Å²) in [6.07, 6.45) is 1.53. The first-order valence-electron chi connectivity index (χ1n) is 11.8. The van der Waals surface area contributed by atoms with Gasteiger partial charge in [0.15, 0.2) is 11.0 Å². The highest BCUT2D eigenvalue weighted by molar-refractivity contribution is 7.99. The summed E-state index contributed by atoms with van der Waals surface area (Å²) in [5, 5.41) is 15.9. The van der Waals surface area contributed by atoms with Crippen LogP contribution < -0.4 is 10.6 Å². The molecule has 0 spiro atoms. The topological polar surface area (TPSA) is 88.9 Å². The van der Waals surface area contributed by atoms with Gasteiger partial charge in [-0.25, -0.2) is 0 Å². The van der Waals surface area contributed by atoms with Crippen molar-refractivity contribution in [2.75, 3.05) is 11.1 Å². The number of carbonyl (C=O) groups excluding carboxylic acids is 2. The summed E-state index contributed by atoms with van der Waals surface area (Å²) < 4.78 is 1.96. The molecular formula is C26H32ClN5O2S. The van der Waals surface area contributed by atoms with Gasteiger partial charge < -0.3 is 15.2 Å². The van der Waals surface area contributed by atoms with Crippen molar-refractivity contribution in [3.05, 3.63) is 70.5 Å². The number of aromatic nitrogens is 3. The van der Waals surface area contributed by atoms with Crippen LogP contribution in [0.1, 0.15) is 61.9 Å². The molecule has 7 nitrogen and oxygen atoms in total. The number of thioether (sulfide) groups is 1. The van der Waals surface area contributed by atoms with Gasteiger partial charge in [-0.1, -0.05) is 74.5 Å². The molecule has 0 unspecified atom stereocenters. The van der Waals surface area contributed by atoms with Crippen molar-refractivity contribution >= 4 is 40.9 Å². The Balaban J connectivity index is 1.74. The lowest BCUT2D eigenvalue weighted by Gasteiger charge is -2.21. The third-order valence-corrected chi connectivity index (χ3v) is 6.81. The zero-order chi connectivity index (χ0) is 25.4. The SMILES string of the molecule is CCc1ccccc1NC(=O)CSc1nnc([C@@H](CC(C)C)NC(=O)c2ccccc2Cl)n1CC. The van der Waals surface area contributed by atoms with E-state index in [2.05, 4.69) is 41.6 Å². The largest absolute Gasteiger partial charge is 0.342 e. The normalized spacial score (nSPS) is 11.9. The molecule has 0 aliphatic carbocycles. The zero-order valence-corrected chi connectivity index (χ0v) is 22.1. The predicted octanol–water partition coefficient (Wildman–Crippen LogP) is 5.76. The predicted molar refractivity (Wildman–Crippen MR) is 142 cm³/mol. The standard InChI is InChI=1S/C26H32ClN5O2S/c1-5-18-11-7-10-14-21(18)28-23(33)16-35-26-31-30-24(32(26)6-2)22(15-17(3)4)29-25(34)19-12-8-9-13-20(19)27/h7-14,17,22H,5-6,15-16H2,1-4H3,(H,28,33)(H,29,34)/t22-/m1/s1. The Bertz CT molecular complexity index is 1160. The number of benzene rings is 2. The summed E-state index contributed by atoms with van der Waals surface area (Å²) in [5.74, 6) is 0.829. The van der Waals surface area contributed by atoms with E-state index in [1.165, 1.54) is 11.8 Å². The summed E-state index contributed by atoms with van der Waals surface area (Å²) in [6, 6.07) is 14.4. The number of hydrogen-bond acceptors (Lipinski definition) is 5. The van der Waals surface area contributed by atoms with Gasteiger partial charge >= 0.3 is 0 Å². The Kier molecular flexibility index (Phi) is 9.74. The molecule has 1 heterocycles. The smallest absolute Gasteiger partial charge is 0.253 e. The van der Waals surface area contributed by atoms with Gasteiger partial charge in [0.2, 0.25) is 5.91 Å². The number of halogens is 1. The molecule has 2 aromatic carbocycles. The number of nitrogens with one attached hydrogen (secondary N) is 2. The summed E-state index contributed by atoms with van der Waals surface area (Å²) >= 11 is 7.56. The molecule has 9 heteroatoms. The number of rotatable bonds is 11. The van der Waals surface area contributed by atoms with Crippen LogP contribution in [0.5, 0.6) is 0 Å². The van der Waals surface area contributed by atoms with Gasteiger partial charge in [-0.3, -0.25) is 9.59 Å². The van der Waals surface area contributed by atoms with Gasteiger partial charge in [0.1, 0.15) is 0 Å². The third kappa shape index (κ3) is 7.08. The van der Waals surface area contributed by atoms with Crippen molar-refractivity contribution in [2.24, 2.45) is 5.92 Å². The van der Waals surface area contributed by atoms with E-state index in [-0.39, 0.29) is 23.6 Å². The van der Waals surface area contributed by atoms with Crippen molar-refractivity contribution in [2.45, 2.75) is 58.3 Å². The first-order chi connectivity index (χ1) is 16.8. The van der Waals surface area contributed by atoms with E-state index in [9.17, 15) is 9.59 Å². The molecule has 3 rings (SSSR count). The monoisotopic (exact) mass is 513 g/mol. The van der Waals surface area contributed by atoms with Crippen LogP contribution in [-0.4, -0.2) is 32.3 Å². The molecule has 0 saturated heterocycles. The highest BCUT2D eigenvalue weighted by atomic mass is 35.5. The first kappa shape index (κ1) is 26.8.